The fourth-order valence-corrected chi connectivity index (χ4v) is 3.21. The molecule has 0 aliphatic carbocycles. The standard InChI is InChI=1S/C15H16N6O3S/c1-19-8-12(14(18-19)24-3)13-16-17-15(20(13)2)25-9-10-5-4-6-11(7-10)21(22)23/h4-8H,9H2,1-3H3. The van der Waals surface area contributed by atoms with E-state index in [1.807, 2.05) is 23.9 Å². The van der Waals surface area contributed by atoms with E-state index in [0.29, 0.717) is 22.6 Å². The van der Waals surface area contributed by atoms with E-state index in [2.05, 4.69) is 15.3 Å². The van der Waals surface area contributed by atoms with E-state index in [0.717, 1.165) is 11.1 Å². The van der Waals surface area contributed by atoms with E-state index < -0.39 is 4.92 Å². The van der Waals surface area contributed by atoms with E-state index in [1.54, 1.807) is 31.0 Å². The third kappa shape index (κ3) is 3.48. The van der Waals surface area contributed by atoms with E-state index in [4.69, 9.17) is 4.74 Å². The molecule has 2 heterocycles. The minimum Gasteiger partial charge on any atom is -0.479 e. The van der Waals surface area contributed by atoms with Crippen molar-refractivity contribution in [1.29, 1.82) is 0 Å². The molecule has 1 aromatic carbocycles. The molecule has 0 amide bonds. The summed E-state index contributed by atoms with van der Waals surface area (Å²) in [6.45, 7) is 0. The van der Waals surface area contributed by atoms with Crippen LogP contribution in [0.2, 0.25) is 0 Å². The number of rotatable bonds is 6. The van der Waals surface area contributed by atoms with Crippen LogP contribution in [0.5, 0.6) is 5.88 Å². The molecule has 0 fully saturated rings. The number of hydrogen-bond donors (Lipinski definition) is 0. The minimum absolute atomic E-state index is 0.0804. The third-order valence-corrected chi connectivity index (χ3v) is 4.64. The van der Waals surface area contributed by atoms with Crippen molar-refractivity contribution in [2.24, 2.45) is 14.1 Å². The molecule has 0 N–H and O–H groups in total. The lowest BCUT2D eigenvalue weighted by atomic mass is 10.2. The number of methoxy groups -OCH3 is 1. The summed E-state index contributed by atoms with van der Waals surface area (Å²) in [5.41, 5.74) is 1.68. The highest BCUT2D eigenvalue weighted by Gasteiger charge is 2.18. The van der Waals surface area contributed by atoms with Gasteiger partial charge >= 0.3 is 0 Å². The zero-order valence-electron chi connectivity index (χ0n) is 13.9. The van der Waals surface area contributed by atoms with E-state index in [1.165, 1.54) is 17.8 Å². The second-order valence-corrected chi connectivity index (χ2v) is 6.25. The van der Waals surface area contributed by atoms with Gasteiger partial charge in [0.15, 0.2) is 11.0 Å². The topological polar surface area (TPSA) is 101 Å². The summed E-state index contributed by atoms with van der Waals surface area (Å²) in [5.74, 6) is 1.68. The molecule has 130 valence electrons. The molecule has 3 rings (SSSR count). The monoisotopic (exact) mass is 360 g/mol. The lowest BCUT2D eigenvalue weighted by molar-refractivity contribution is -0.384. The van der Waals surface area contributed by atoms with Gasteiger partial charge in [-0.3, -0.25) is 14.8 Å². The molecule has 0 spiro atoms. The number of nitro benzene ring substituents is 1. The molecule has 0 aliphatic heterocycles. The number of hydrogen-bond acceptors (Lipinski definition) is 7. The van der Waals surface area contributed by atoms with Crippen LogP contribution in [0.25, 0.3) is 11.4 Å². The maximum Gasteiger partial charge on any atom is 0.269 e. The van der Waals surface area contributed by atoms with Crippen molar-refractivity contribution in [3.63, 3.8) is 0 Å². The number of aromatic nitrogens is 5. The lowest BCUT2D eigenvalue weighted by Gasteiger charge is -2.04. The molecule has 3 aromatic rings. The molecule has 0 bridgehead atoms. The zero-order valence-corrected chi connectivity index (χ0v) is 14.7. The Balaban J connectivity index is 1.80. The number of nitrogens with zero attached hydrogens (tertiary/aromatic N) is 6. The first-order chi connectivity index (χ1) is 12.0. The molecule has 0 atom stereocenters. The van der Waals surface area contributed by atoms with Crippen LogP contribution in [0.4, 0.5) is 5.69 Å². The number of thioether (sulfide) groups is 1. The van der Waals surface area contributed by atoms with Gasteiger partial charge in [-0.2, -0.15) is 0 Å². The second-order valence-electron chi connectivity index (χ2n) is 5.31. The van der Waals surface area contributed by atoms with Crippen molar-refractivity contribution in [2.45, 2.75) is 10.9 Å². The Hall–Kier alpha value is -2.88. The van der Waals surface area contributed by atoms with Gasteiger partial charge in [0.05, 0.1) is 12.0 Å². The van der Waals surface area contributed by atoms with Crippen molar-refractivity contribution in [3.05, 3.63) is 46.1 Å². The average molecular weight is 360 g/mol. The summed E-state index contributed by atoms with van der Waals surface area (Å²) in [6.07, 6.45) is 1.82. The van der Waals surface area contributed by atoms with E-state index in [-0.39, 0.29) is 5.69 Å². The van der Waals surface area contributed by atoms with Crippen LogP contribution >= 0.6 is 11.8 Å². The highest BCUT2D eigenvalue weighted by atomic mass is 32.2. The quantitative estimate of drug-likeness (QED) is 0.378. The van der Waals surface area contributed by atoms with Gasteiger partial charge < -0.3 is 9.30 Å². The van der Waals surface area contributed by atoms with Crippen LogP contribution < -0.4 is 4.74 Å². The highest BCUT2D eigenvalue weighted by molar-refractivity contribution is 7.98. The maximum atomic E-state index is 10.9. The summed E-state index contributed by atoms with van der Waals surface area (Å²) in [6, 6.07) is 6.57. The lowest BCUT2D eigenvalue weighted by Crippen LogP contribution is -1.96. The Morgan fingerprint density at radius 1 is 1.32 bits per heavy atom. The van der Waals surface area contributed by atoms with Crippen LogP contribution in [0.1, 0.15) is 5.56 Å². The average Bonchev–Trinajstić information content (AvgIpc) is 3.15. The van der Waals surface area contributed by atoms with Gasteiger partial charge in [0.1, 0.15) is 5.56 Å². The maximum absolute atomic E-state index is 10.9. The van der Waals surface area contributed by atoms with E-state index >= 15 is 0 Å². The first-order valence-electron chi connectivity index (χ1n) is 7.33. The van der Waals surface area contributed by atoms with Crippen molar-refractivity contribution >= 4 is 17.4 Å². The van der Waals surface area contributed by atoms with Crippen LogP contribution in [-0.4, -0.2) is 36.6 Å². The fraction of sp³-hybridized carbons (Fsp3) is 0.267. The van der Waals surface area contributed by atoms with Crippen molar-refractivity contribution in [2.75, 3.05) is 7.11 Å². The first kappa shape index (κ1) is 17.0. The molecule has 25 heavy (non-hydrogen) atoms. The number of ether oxygens (including phenoxy) is 1. The van der Waals surface area contributed by atoms with Gasteiger partial charge in [-0.1, -0.05) is 23.9 Å². The van der Waals surface area contributed by atoms with Gasteiger partial charge in [-0.25, -0.2) is 0 Å². The van der Waals surface area contributed by atoms with Crippen molar-refractivity contribution < 1.29 is 9.66 Å². The summed E-state index contributed by atoms with van der Waals surface area (Å²) in [5, 5.41) is 24.2. The Morgan fingerprint density at radius 3 is 2.84 bits per heavy atom. The second kappa shape index (κ2) is 6.93. The molecular formula is C15H16N6O3S. The Morgan fingerprint density at radius 2 is 2.12 bits per heavy atom. The Kier molecular flexibility index (Phi) is 4.70. The van der Waals surface area contributed by atoms with Crippen LogP contribution in [-0.2, 0) is 19.8 Å². The van der Waals surface area contributed by atoms with Gasteiger partial charge in [-0.15, -0.1) is 15.3 Å². The normalized spacial score (nSPS) is 10.8. The molecule has 0 aliphatic rings. The summed E-state index contributed by atoms with van der Waals surface area (Å²) in [7, 11) is 5.22. The molecule has 0 radical (unpaired) electrons. The van der Waals surface area contributed by atoms with Gasteiger partial charge in [0.25, 0.3) is 5.69 Å². The number of non-ortho nitro benzene ring substituents is 1. The van der Waals surface area contributed by atoms with Crippen LogP contribution in [0.15, 0.2) is 35.6 Å². The molecule has 2 aromatic heterocycles. The molecule has 0 saturated heterocycles. The summed E-state index contributed by atoms with van der Waals surface area (Å²) in [4.78, 5) is 10.5. The highest BCUT2D eigenvalue weighted by Crippen LogP contribution is 2.30. The summed E-state index contributed by atoms with van der Waals surface area (Å²) < 4.78 is 8.77. The van der Waals surface area contributed by atoms with E-state index in [9.17, 15) is 10.1 Å². The van der Waals surface area contributed by atoms with Gasteiger partial charge in [0, 0.05) is 38.2 Å². The third-order valence-electron chi connectivity index (χ3n) is 3.55. The largest absolute Gasteiger partial charge is 0.479 e. The van der Waals surface area contributed by atoms with Crippen molar-refractivity contribution in [3.8, 4) is 17.3 Å². The molecule has 10 heteroatoms. The SMILES string of the molecule is COc1nn(C)cc1-c1nnc(SCc2cccc([N+](=O)[O-])c2)n1C. The molecule has 0 saturated carbocycles. The predicted molar refractivity (Wildman–Crippen MR) is 92.4 cm³/mol. The minimum atomic E-state index is -0.400. The molecule has 9 nitrogen and oxygen atoms in total. The fourth-order valence-electron chi connectivity index (χ4n) is 2.36. The van der Waals surface area contributed by atoms with Crippen LogP contribution in [0, 0.1) is 10.1 Å². The van der Waals surface area contributed by atoms with Crippen LogP contribution in [0.3, 0.4) is 0 Å². The number of nitro groups is 1. The Bertz CT molecular complexity index is 920. The zero-order chi connectivity index (χ0) is 18.0. The molecule has 0 unspecified atom stereocenters. The summed E-state index contributed by atoms with van der Waals surface area (Å²) >= 11 is 1.46. The van der Waals surface area contributed by atoms with Gasteiger partial charge in [-0.05, 0) is 5.56 Å². The smallest absolute Gasteiger partial charge is 0.269 e. The Labute approximate surface area is 147 Å². The molecular weight excluding hydrogens is 344 g/mol. The first-order valence-corrected chi connectivity index (χ1v) is 8.31. The number of benzene rings is 1. The number of aryl methyl sites for hydroxylation is 1. The predicted octanol–water partition coefficient (Wildman–Crippen LogP) is 2.42. The van der Waals surface area contributed by atoms with Crippen molar-refractivity contribution in [1.82, 2.24) is 24.5 Å². The van der Waals surface area contributed by atoms with Gasteiger partial charge in [0.2, 0.25) is 5.88 Å².